The van der Waals surface area contributed by atoms with Gasteiger partial charge in [0, 0.05) is 44.8 Å². The minimum atomic E-state index is -0.0181. The largest absolute Gasteiger partial charge is 0.385 e. The summed E-state index contributed by atoms with van der Waals surface area (Å²) in [7, 11) is 1.76. The van der Waals surface area contributed by atoms with Gasteiger partial charge >= 0.3 is 0 Å². The average molecular weight is 308 g/mol. The first-order valence-corrected chi connectivity index (χ1v) is 9.24. The molecule has 4 heteroatoms. The number of carbonyl (C=O) groups excluding carboxylic acids is 1. The standard InChI is InChI=1S/C18H32N2O2/c1-22-13-10-18(19-17(21)16-4-2-3-5-16)8-11-20(12-9-18)14-15-6-7-15/h15-16H,2-14H2,1H3,(H,19,21). The molecular formula is C18H32N2O2. The molecule has 1 heterocycles. The van der Waals surface area contributed by atoms with Gasteiger partial charge in [0.1, 0.15) is 0 Å². The molecule has 0 radical (unpaired) electrons. The molecule has 1 aliphatic heterocycles. The molecule has 126 valence electrons. The van der Waals surface area contributed by atoms with Crippen LogP contribution in [0.4, 0.5) is 0 Å². The normalized spacial score (nSPS) is 26.2. The maximum atomic E-state index is 12.6. The Morgan fingerprint density at radius 1 is 1.18 bits per heavy atom. The summed E-state index contributed by atoms with van der Waals surface area (Å²) in [6, 6.07) is 0. The number of nitrogens with one attached hydrogen (secondary N) is 1. The number of piperidine rings is 1. The Morgan fingerprint density at radius 3 is 2.45 bits per heavy atom. The van der Waals surface area contributed by atoms with Crippen LogP contribution < -0.4 is 5.32 Å². The van der Waals surface area contributed by atoms with Gasteiger partial charge in [-0.2, -0.15) is 0 Å². The number of rotatable bonds is 7. The van der Waals surface area contributed by atoms with Crippen molar-refractivity contribution < 1.29 is 9.53 Å². The van der Waals surface area contributed by atoms with Crippen LogP contribution in [-0.4, -0.2) is 49.7 Å². The SMILES string of the molecule is COCCC1(NC(=O)C2CCCC2)CCN(CC2CC2)CC1. The summed E-state index contributed by atoms with van der Waals surface area (Å²) < 4.78 is 5.31. The zero-order valence-electron chi connectivity index (χ0n) is 14.1. The predicted molar refractivity (Wildman–Crippen MR) is 87.7 cm³/mol. The first kappa shape index (κ1) is 16.3. The van der Waals surface area contributed by atoms with Crippen LogP contribution in [-0.2, 0) is 9.53 Å². The minimum Gasteiger partial charge on any atom is -0.385 e. The second-order valence-electron chi connectivity index (χ2n) is 7.74. The molecule has 2 saturated carbocycles. The monoisotopic (exact) mass is 308 g/mol. The van der Waals surface area contributed by atoms with Gasteiger partial charge in [-0.05, 0) is 50.9 Å². The third kappa shape index (κ3) is 4.23. The fourth-order valence-corrected chi connectivity index (χ4v) is 4.12. The van der Waals surface area contributed by atoms with Crippen molar-refractivity contribution in [1.29, 1.82) is 0 Å². The van der Waals surface area contributed by atoms with Crippen LogP contribution in [0.3, 0.4) is 0 Å². The molecular weight excluding hydrogens is 276 g/mol. The zero-order chi connectivity index (χ0) is 15.4. The molecule has 0 bridgehead atoms. The van der Waals surface area contributed by atoms with Gasteiger partial charge in [-0.1, -0.05) is 12.8 Å². The Bertz CT molecular complexity index is 367. The lowest BCUT2D eigenvalue weighted by atomic mass is 9.83. The second kappa shape index (κ2) is 7.31. The van der Waals surface area contributed by atoms with E-state index in [1.165, 1.54) is 32.2 Å². The van der Waals surface area contributed by atoms with E-state index in [1.807, 2.05) is 0 Å². The van der Waals surface area contributed by atoms with Crippen LogP contribution in [0.2, 0.25) is 0 Å². The van der Waals surface area contributed by atoms with Crippen molar-refractivity contribution in [2.75, 3.05) is 33.4 Å². The topological polar surface area (TPSA) is 41.6 Å². The number of ether oxygens (including phenoxy) is 1. The number of likely N-dealkylation sites (tertiary alicyclic amines) is 1. The fourth-order valence-electron chi connectivity index (χ4n) is 4.12. The van der Waals surface area contributed by atoms with E-state index in [9.17, 15) is 4.79 Å². The van der Waals surface area contributed by atoms with E-state index < -0.39 is 0 Å². The first-order chi connectivity index (χ1) is 10.7. The molecule has 0 spiro atoms. The molecule has 2 aliphatic carbocycles. The van der Waals surface area contributed by atoms with Gasteiger partial charge in [-0.25, -0.2) is 0 Å². The predicted octanol–water partition coefficient (Wildman–Crippen LogP) is 2.57. The van der Waals surface area contributed by atoms with Crippen LogP contribution in [0, 0.1) is 11.8 Å². The zero-order valence-corrected chi connectivity index (χ0v) is 14.1. The summed E-state index contributed by atoms with van der Waals surface area (Å²) in [5, 5.41) is 3.45. The van der Waals surface area contributed by atoms with Gasteiger partial charge in [0.05, 0.1) is 0 Å². The van der Waals surface area contributed by atoms with E-state index in [4.69, 9.17) is 4.74 Å². The molecule has 4 nitrogen and oxygen atoms in total. The fraction of sp³-hybridized carbons (Fsp3) is 0.944. The molecule has 0 aromatic carbocycles. The van der Waals surface area contributed by atoms with E-state index in [0.717, 1.165) is 57.7 Å². The van der Waals surface area contributed by atoms with Crippen LogP contribution in [0.5, 0.6) is 0 Å². The van der Waals surface area contributed by atoms with Crippen LogP contribution in [0.25, 0.3) is 0 Å². The average Bonchev–Trinajstić information content (AvgIpc) is 3.16. The summed E-state index contributed by atoms with van der Waals surface area (Å²) >= 11 is 0. The Balaban J connectivity index is 1.54. The number of amides is 1. The molecule has 3 fully saturated rings. The van der Waals surface area contributed by atoms with Crippen molar-refractivity contribution >= 4 is 5.91 Å². The van der Waals surface area contributed by atoms with Gasteiger partial charge in [-0.3, -0.25) is 4.79 Å². The van der Waals surface area contributed by atoms with Crippen LogP contribution in [0.1, 0.15) is 57.8 Å². The van der Waals surface area contributed by atoms with Crippen LogP contribution in [0.15, 0.2) is 0 Å². The smallest absolute Gasteiger partial charge is 0.223 e. The van der Waals surface area contributed by atoms with Crippen molar-refractivity contribution in [2.45, 2.75) is 63.3 Å². The van der Waals surface area contributed by atoms with Crippen molar-refractivity contribution in [3.63, 3.8) is 0 Å². The van der Waals surface area contributed by atoms with E-state index >= 15 is 0 Å². The van der Waals surface area contributed by atoms with E-state index in [0.29, 0.717) is 5.91 Å². The van der Waals surface area contributed by atoms with Crippen molar-refractivity contribution in [3.8, 4) is 0 Å². The highest BCUT2D eigenvalue weighted by Crippen LogP contribution is 2.33. The third-order valence-electron chi connectivity index (χ3n) is 5.93. The number of hydrogen-bond donors (Lipinski definition) is 1. The number of methoxy groups -OCH3 is 1. The molecule has 0 aromatic rings. The Morgan fingerprint density at radius 2 is 1.86 bits per heavy atom. The summed E-state index contributed by atoms with van der Waals surface area (Å²) in [4.78, 5) is 15.2. The summed E-state index contributed by atoms with van der Waals surface area (Å²) in [5.74, 6) is 1.53. The van der Waals surface area contributed by atoms with Crippen LogP contribution >= 0.6 is 0 Å². The number of hydrogen-bond acceptors (Lipinski definition) is 3. The quantitative estimate of drug-likeness (QED) is 0.786. The van der Waals surface area contributed by atoms with Gasteiger partial charge in [0.15, 0.2) is 0 Å². The third-order valence-corrected chi connectivity index (χ3v) is 5.93. The Labute approximate surface area is 135 Å². The van der Waals surface area contributed by atoms with Gasteiger partial charge < -0.3 is 15.0 Å². The van der Waals surface area contributed by atoms with Crippen molar-refractivity contribution in [2.24, 2.45) is 11.8 Å². The summed E-state index contributed by atoms with van der Waals surface area (Å²) in [5.41, 5.74) is -0.0181. The molecule has 0 aromatic heterocycles. The maximum absolute atomic E-state index is 12.6. The summed E-state index contributed by atoms with van der Waals surface area (Å²) in [6.45, 7) is 4.28. The van der Waals surface area contributed by atoms with Gasteiger partial charge in [-0.15, -0.1) is 0 Å². The molecule has 3 aliphatic rings. The molecule has 1 amide bonds. The lowest BCUT2D eigenvalue weighted by Gasteiger charge is -2.43. The lowest BCUT2D eigenvalue weighted by molar-refractivity contribution is -0.127. The Kier molecular flexibility index (Phi) is 5.40. The van der Waals surface area contributed by atoms with E-state index in [1.54, 1.807) is 7.11 Å². The van der Waals surface area contributed by atoms with Gasteiger partial charge in [0.2, 0.25) is 5.91 Å². The van der Waals surface area contributed by atoms with E-state index in [2.05, 4.69) is 10.2 Å². The summed E-state index contributed by atoms with van der Waals surface area (Å²) in [6.07, 6.45) is 10.6. The highest BCUT2D eigenvalue weighted by molar-refractivity contribution is 5.79. The van der Waals surface area contributed by atoms with E-state index in [-0.39, 0.29) is 11.5 Å². The molecule has 1 saturated heterocycles. The Hall–Kier alpha value is -0.610. The van der Waals surface area contributed by atoms with Crippen molar-refractivity contribution in [1.82, 2.24) is 10.2 Å². The number of nitrogens with zero attached hydrogens (tertiary/aromatic N) is 1. The minimum absolute atomic E-state index is 0.0181. The molecule has 0 atom stereocenters. The highest BCUT2D eigenvalue weighted by atomic mass is 16.5. The first-order valence-electron chi connectivity index (χ1n) is 9.24. The van der Waals surface area contributed by atoms with Crippen molar-refractivity contribution in [3.05, 3.63) is 0 Å². The van der Waals surface area contributed by atoms with Gasteiger partial charge in [0.25, 0.3) is 0 Å². The number of carbonyl (C=O) groups is 1. The molecule has 3 rings (SSSR count). The maximum Gasteiger partial charge on any atom is 0.223 e. The molecule has 22 heavy (non-hydrogen) atoms. The molecule has 0 unspecified atom stereocenters. The lowest BCUT2D eigenvalue weighted by Crippen LogP contribution is -2.57. The highest BCUT2D eigenvalue weighted by Gasteiger charge is 2.38. The molecule has 1 N–H and O–H groups in total. The second-order valence-corrected chi connectivity index (χ2v) is 7.74.